The van der Waals surface area contributed by atoms with E-state index in [2.05, 4.69) is 17.6 Å². The van der Waals surface area contributed by atoms with Crippen LogP contribution in [0.1, 0.15) is 16.8 Å². The summed E-state index contributed by atoms with van der Waals surface area (Å²) in [5.74, 6) is 0.584. The number of nitrogens with zero attached hydrogens (tertiary/aromatic N) is 1. The number of rotatable bonds is 2. The molecule has 1 N–H and O–H groups in total. The summed E-state index contributed by atoms with van der Waals surface area (Å²) in [6, 6.07) is 1.69. The third-order valence-corrected chi connectivity index (χ3v) is 7.54. The van der Waals surface area contributed by atoms with Crippen LogP contribution < -0.4 is 5.43 Å². The molecule has 5 aliphatic rings. The highest BCUT2D eigenvalue weighted by Gasteiger charge is 2.84. The van der Waals surface area contributed by atoms with Crippen LogP contribution in [0, 0.1) is 40.9 Å². The second-order valence-electron chi connectivity index (χ2n) is 7.43. The van der Waals surface area contributed by atoms with Gasteiger partial charge in [0, 0.05) is 10.8 Å². The zero-order chi connectivity index (χ0) is 15.5. The van der Waals surface area contributed by atoms with Crippen molar-refractivity contribution >= 4 is 29.1 Å². The number of fused-ring (bicyclic) bond motifs is 5. The van der Waals surface area contributed by atoms with Crippen LogP contribution in [-0.4, -0.2) is 22.7 Å². The lowest BCUT2D eigenvalue weighted by Gasteiger charge is -2.52. The molecule has 3 saturated carbocycles. The van der Waals surface area contributed by atoms with Crippen LogP contribution in [0.2, 0.25) is 0 Å². The molecule has 4 aliphatic carbocycles. The second-order valence-corrected chi connectivity index (χ2v) is 8.21. The minimum absolute atomic E-state index is 0.148. The molecule has 5 unspecified atom stereocenters. The topological polar surface area (TPSA) is 66.5 Å². The van der Waals surface area contributed by atoms with Crippen molar-refractivity contribution in [2.45, 2.75) is 6.42 Å². The van der Waals surface area contributed by atoms with E-state index < -0.39 is 0 Å². The van der Waals surface area contributed by atoms with Crippen LogP contribution in [0.5, 0.6) is 0 Å². The SMILES string of the molecule is O=C(NN1C(=O)[C@@H]2C3C=CC34C3CC3C4[C@@H]2C1=O)c1ccsc1. The van der Waals surface area contributed by atoms with E-state index in [0.717, 1.165) is 5.01 Å². The Kier molecular flexibility index (Phi) is 1.94. The summed E-state index contributed by atoms with van der Waals surface area (Å²) in [5.41, 5.74) is 3.16. The molecule has 0 aromatic carbocycles. The largest absolute Gasteiger partial charge is 0.272 e. The predicted molar refractivity (Wildman–Crippen MR) is 80.8 cm³/mol. The predicted octanol–water partition coefficient (Wildman–Crippen LogP) is 1.45. The molecule has 1 spiro atoms. The van der Waals surface area contributed by atoms with Crippen LogP contribution >= 0.6 is 11.3 Å². The average molecular weight is 326 g/mol. The third kappa shape index (κ3) is 1.16. The first-order valence-corrected chi connectivity index (χ1v) is 8.99. The van der Waals surface area contributed by atoms with Crippen molar-refractivity contribution in [1.29, 1.82) is 0 Å². The third-order valence-electron chi connectivity index (χ3n) is 6.86. The Morgan fingerprint density at radius 2 is 2.13 bits per heavy atom. The van der Waals surface area contributed by atoms with Gasteiger partial charge in [0.15, 0.2) is 0 Å². The Labute approximate surface area is 136 Å². The van der Waals surface area contributed by atoms with Gasteiger partial charge in [-0.05, 0) is 41.5 Å². The standard InChI is InChI=1S/C17H14N2O3S/c20-14(7-2-4-23-6-7)18-19-15(21)11-9-1-3-17(9)10-5-8(10)13(17)12(11)16(19)22/h1-4,6,8-13H,5H2,(H,18,20)/t8?,9?,10?,11-,12-,13?,17?/m1/s1. The lowest BCUT2D eigenvalue weighted by Crippen LogP contribution is -2.54. The number of carbonyl (C=O) groups excluding carboxylic acids is 3. The van der Waals surface area contributed by atoms with Crippen LogP contribution in [0.3, 0.4) is 0 Å². The fourth-order valence-corrected chi connectivity index (χ4v) is 6.60. The molecule has 3 amide bonds. The molecule has 1 aromatic heterocycles. The van der Waals surface area contributed by atoms with Crippen LogP contribution in [-0.2, 0) is 9.59 Å². The van der Waals surface area contributed by atoms with Crippen molar-refractivity contribution in [1.82, 2.24) is 10.4 Å². The molecule has 5 nitrogen and oxygen atoms in total. The normalized spacial score (nSPS) is 47.2. The van der Waals surface area contributed by atoms with E-state index >= 15 is 0 Å². The summed E-state index contributed by atoms with van der Waals surface area (Å²) in [4.78, 5) is 37.8. The van der Waals surface area contributed by atoms with Gasteiger partial charge in [-0.1, -0.05) is 12.2 Å². The van der Waals surface area contributed by atoms with Gasteiger partial charge in [-0.3, -0.25) is 19.8 Å². The van der Waals surface area contributed by atoms with Crippen molar-refractivity contribution < 1.29 is 14.4 Å². The van der Waals surface area contributed by atoms with Gasteiger partial charge in [0.05, 0.1) is 17.4 Å². The molecule has 6 heteroatoms. The Morgan fingerprint density at radius 1 is 1.30 bits per heavy atom. The van der Waals surface area contributed by atoms with Crippen LogP contribution in [0.15, 0.2) is 29.0 Å². The number of imide groups is 1. The first kappa shape index (κ1) is 12.5. The maximum absolute atomic E-state index is 12.8. The molecule has 4 fully saturated rings. The number of hydrazine groups is 1. The van der Waals surface area contributed by atoms with Crippen molar-refractivity contribution in [3.8, 4) is 0 Å². The molecular weight excluding hydrogens is 312 g/mol. The van der Waals surface area contributed by atoms with Gasteiger partial charge in [0.1, 0.15) is 0 Å². The molecule has 2 heterocycles. The van der Waals surface area contributed by atoms with Gasteiger partial charge in [0.2, 0.25) is 0 Å². The fraction of sp³-hybridized carbons (Fsp3) is 0.471. The highest BCUT2D eigenvalue weighted by atomic mass is 32.1. The molecule has 7 atom stereocenters. The van der Waals surface area contributed by atoms with Crippen molar-refractivity contribution in [2.75, 3.05) is 0 Å². The Balaban J connectivity index is 1.32. The van der Waals surface area contributed by atoms with Gasteiger partial charge in [0.25, 0.3) is 17.7 Å². The van der Waals surface area contributed by atoms with Crippen molar-refractivity contribution in [2.24, 2.45) is 40.9 Å². The second kappa shape index (κ2) is 3.59. The zero-order valence-electron chi connectivity index (χ0n) is 12.1. The minimum Gasteiger partial charge on any atom is -0.272 e. The molecule has 116 valence electrons. The van der Waals surface area contributed by atoms with Gasteiger partial charge < -0.3 is 0 Å². The summed E-state index contributed by atoms with van der Waals surface area (Å²) in [6.45, 7) is 0. The molecule has 0 radical (unpaired) electrons. The number of hydrogen-bond donors (Lipinski definition) is 1. The minimum atomic E-state index is -0.388. The Hall–Kier alpha value is -1.95. The van der Waals surface area contributed by atoms with E-state index in [-0.39, 0.29) is 40.9 Å². The monoisotopic (exact) mass is 326 g/mol. The molecule has 1 aromatic rings. The first-order chi connectivity index (χ1) is 11.1. The molecule has 1 aliphatic heterocycles. The summed E-state index contributed by atoms with van der Waals surface area (Å²) < 4.78 is 0. The van der Waals surface area contributed by atoms with Gasteiger partial charge in [-0.15, -0.1) is 0 Å². The van der Waals surface area contributed by atoms with E-state index in [0.29, 0.717) is 23.3 Å². The van der Waals surface area contributed by atoms with E-state index in [1.165, 1.54) is 17.8 Å². The number of thiophene rings is 1. The molecule has 23 heavy (non-hydrogen) atoms. The lowest BCUT2D eigenvalue weighted by molar-refractivity contribution is -0.146. The maximum Gasteiger partial charge on any atom is 0.271 e. The van der Waals surface area contributed by atoms with Gasteiger partial charge in [-0.2, -0.15) is 16.3 Å². The highest BCUT2D eigenvalue weighted by Crippen LogP contribution is 2.85. The number of nitrogens with one attached hydrogen (secondary N) is 1. The van der Waals surface area contributed by atoms with Crippen LogP contribution in [0.25, 0.3) is 0 Å². The highest BCUT2D eigenvalue weighted by molar-refractivity contribution is 7.08. The quantitative estimate of drug-likeness (QED) is 0.661. The van der Waals surface area contributed by atoms with E-state index in [4.69, 9.17) is 0 Å². The number of carbonyl (C=O) groups is 3. The Morgan fingerprint density at radius 3 is 2.83 bits per heavy atom. The summed E-state index contributed by atoms with van der Waals surface area (Å²) in [7, 11) is 0. The maximum atomic E-state index is 12.8. The van der Waals surface area contributed by atoms with Gasteiger partial charge in [-0.25, -0.2) is 0 Å². The van der Waals surface area contributed by atoms with Crippen molar-refractivity contribution in [3.63, 3.8) is 0 Å². The van der Waals surface area contributed by atoms with E-state index in [1.54, 1.807) is 16.8 Å². The van der Waals surface area contributed by atoms with Crippen molar-refractivity contribution in [3.05, 3.63) is 34.5 Å². The summed E-state index contributed by atoms with van der Waals surface area (Å²) in [5, 5.41) is 4.51. The molecule has 6 rings (SSSR count). The average Bonchev–Trinajstić information content (AvgIpc) is 2.85. The van der Waals surface area contributed by atoms with Crippen LogP contribution in [0.4, 0.5) is 0 Å². The number of hydrogen-bond acceptors (Lipinski definition) is 4. The molecular formula is C17H14N2O3S. The first-order valence-electron chi connectivity index (χ1n) is 8.05. The summed E-state index contributed by atoms with van der Waals surface area (Å²) in [6.07, 6.45) is 5.57. The molecule has 1 saturated heterocycles. The van der Waals surface area contributed by atoms with Gasteiger partial charge >= 0.3 is 0 Å². The lowest BCUT2D eigenvalue weighted by atomic mass is 9.52. The van der Waals surface area contributed by atoms with E-state index in [1.807, 2.05) is 0 Å². The molecule has 0 bridgehead atoms. The van der Waals surface area contributed by atoms with E-state index in [9.17, 15) is 14.4 Å². The fourth-order valence-electron chi connectivity index (χ4n) is 5.97. The Bertz CT molecular complexity index is 816. The zero-order valence-corrected chi connectivity index (χ0v) is 13.0. The number of amides is 3. The number of allylic oxidation sites excluding steroid dienone is 2. The summed E-state index contributed by atoms with van der Waals surface area (Å²) >= 11 is 1.41. The smallest absolute Gasteiger partial charge is 0.271 e.